The van der Waals surface area contributed by atoms with Crippen LogP contribution in [0.15, 0.2) is 23.2 Å². The Morgan fingerprint density at radius 1 is 1.21 bits per heavy atom. The summed E-state index contributed by atoms with van der Waals surface area (Å²) in [6.07, 6.45) is 0.544. The third-order valence-electron chi connectivity index (χ3n) is 3.39. The maximum atomic E-state index is 12.5. The molecule has 0 spiro atoms. The fourth-order valence-electron chi connectivity index (χ4n) is 2.34. The average molecular weight is 400 g/mol. The molecule has 7 nitrogen and oxygen atoms in total. The lowest BCUT2D eigenvalue weighted by atomic mass is 10.1. The van der Waals surface area contributed by atoms with Crippen molar-refractivity contribution >= 4 is 11.9 Å². The van der Waals surface area contributed by atoms with Crippen LogP contribution in [-0.2, 0) is 11.2 Å². The number of rotatable bonds is 9. The Hall–Kier alpha value is -2.58. The van der Waals surface area contributed by atoms with E-state index >= 15 is 0 Å². The molecule has 3 N–H and O–H groups in total. The number of guanidine groups is 1. The predicted octanol–water partition coefficient (Wildman–Crippen LogP) is 2.31. The number of nitrogens with one attached hydrogen (secondary N) is 3. The molecule has 0 saturated carbocycles. The standard InChI is InChI=1S/C19H30F2N4O3/c1-6-22-18(24-12-16(26)25-19(2,3)4)23-10-9-13-7-8-14(27-5)15(11-13)28-17(20)21/h7-8,11,17H,6,9-10,12H2,1-5H3,(H,25,26)(H2,22,23,24). The van der Waals surface area contributed by atoms with Gasteiger partial charge in [-0.1, -0.05) is 6.07 Å². The van der Waals surface area contributed by atoms with Crippen molar-refractivity contribution in [1.29, 1.82) is 0 Å². The van der Waals surface area contributed by atoms with E-state index in [1.165, 1.54) is 13.2 Å². The van der Waals surface area contributed by atoms with Gasteiger partial charge in [-0.05, 0) is 51.8 Å². The van der Waals surface area contributed by atoms with Crippen LogP contribution in [0.25, 0.3) is 0 Å². The van der Waals surface area contributed by atoms with Gasteiger partial charge in [-0.25, -0.2) is 4.99 Å². The maximum Gasteiger partial charge on any atom is 0.387 e. The summed E-state index contributed by atoms with van der Waals surface area (Å²) in [5.41, 5.74) is 0.482. The van der Waals surface area contributed by atoms with Crippen molar-refractivity contribution in [3.8, 4) is 11.5 Å². The van der Waals surface area contributed by atoms with Gasteiger partial charge in [0.15, 0.2) is 17.5 Å². The Balaban J connectivity index is 2.64. The lowest BCUT2D eigenvalue weighted by Crippen LogP contribution is -2.43. The fourth-order valence-corrected chi connectivity index (χ4v) is 2.34. The van der Waals surface area contributed by atoms with Crippen molar-refractivity contribution < 1.29 is 23.0 Å². The Morgan fingerprint density at radius 3 is 2.50 bits per heavy atom. The second-order valence-corrected chi connectivity index (χ2v) is 7.03. The first-order valence-corrected chi connectivity index (χ1v) is 9.09. The molecule has 0 saturated heterocycles. The highest BCUT2D eigenvalue weighted by Crippen LogP contribution is 2.29. The van der Waals surface area contributed by atoms with Crippen molar-refractivity contribution in [3.63, 3.8) is 0 Å². The van der Waals surface area contributed by atoms with E-state index in [9.17, 15) is 13.6 Å². The molecule has 0 aliphatic rings. The Kier molecular flexibility index (Phi) is 9.47. The van der Waals surface area contributed by atoms with Crippen molar-refractivity contribution in [3.05, 3.63) is 23.8 Å². The molecule has 0 radical (unpaired) electrons. The van der Waals surface area contributed by atoms with Crippen LogP contribution in [0.4, 0.5) is 8.78 Å². The zero-order valence-corrected chi connectivity index (χ0v) is 17.1. The van der Waals surface area contributed by atoms with E-state index in [0.717, 1.165) is 5.56 Å². The van der Waals surface area contributed by atoms with Crippen molar-refractivity contribution in [2.45, 2.75) is 46.3 Å². The first-order chi connectivity index (χ1) is 13.1. The quantitative estimate of drug-likeness (QED) is 0.438. The Morgan fingerprint density at radius 2 is 1.93 bits per heavy atom. The number of hydrogen-bond acceptors (Lipinski definition) is 4. The maximum absolute atomic E-state index is 12.5. The lowest BCUT2D eigenvalue weighted by Gasteiger charge is -2.20. The number of aliphatic imine (C=N–C) groups is 1. The highest BCUT2D eigenvalue weighted by Gasteiger charge is 2.13. The van der Waals surface area contributed by atoms with Crippen LogP contribution in [0.1, 0.15) is 33.3 Å². The third-order valence-corrected chi connectivity index (χ3v) is 3.39. The summed E-state index contributed by atoms with van der Waals surface area (Å²) >= 11 is 0. The molecule has 0 bridgehead atoms. The largest absolute Gasteiger partial charge is 0.493 e. The summed E-state index contributed by atoms with van der Waals surface area (Å²) in [5, 5.41) is 9.02. The number of hydrogen-bond donors (Lipinski definition) is 3. The van der Waals surface area contributed by atoms with Crippen LogP contribution in [0.2, 0.25) is 0 Å². The van der Waals surface area contributed by atoms with Gasteiger partial charge in [0.25, 0.3) is 0 Å². The molecule has 0 heterocycles. The first-order valence-electron chi connectivity index (χ1n) is 9.09. The van der Waals surface area contributed by atoms with E-state index < -0.39 is 6.61 Å². The van der Waals surface area contributed by atoms with Crippen molar-refractivity contribution in [1.82, 2.24) is 16.0 Å². The van der Waals surface area contributed by atoms with Gasteiger partial charge in [0.1, 0.15) is 6.54 Å². The van der Waals surface area contributed by atoms with E-state index in [-0.39, 0.29) is 29.5 Å². The van der Waals surface area contributed by atoms with Crippen LogP contribution < -0.4 is 25.4 Å². The summed E-state index contributed by atoms with van der Waals surface area (Å²) in [6, 6.07) is 4.89. The molecule has 0 aromatic heterocycles. The number of methoxy groups -OCH3 is 1. The minimum atomic E-state index is -2.92. The molecule has 0 aliphatic heterocycles. The van der Waals surface area contributed by atoms with E-state index in [0.29, 0.717) is 25.5 Å². The van der Waals surface area contributed by atoms with Crippen molar-refractivity contribution in [2.75, 3.05) is 26.7 Å². The Bertz CT molecular complexity index is 661. The molecule has 9 heteroatoms. The number of benzene rings is 1. The summed E-state index contributed by atoms with van der Waals surface area (Å²) in [6.45, 7) is 5.84. The molecular formula is C19H30F2N4O3. The van der Waals surface area contributed by atoms with E-state index in [2.05, 4.69) is 25.7 Å². The van der Waals surface area contributed by atoms with Crippen LogP contribution in [0.3, 0.4) is 0 Å². The second-order valence-electron chi connectivity index (χ2n) is 7.03. The van der Waals surface area contributed by atoms with E-state index in [4.69, 9.17) is 4.74 Å². The number of nitrogens with zero attached hydrogens (tertiary/aromatic N) is 1. The zero-order valence-electron chi connectivity index (χ0n) is 17.1. The lowest BCUT2D eigenvalue weighted by molar-refractivity contribution is -0.121. The number of ether oxygens (including phenoxy) is 2. The van der Waals surface area contributed by atoms with Gasteiger partial charge in [0.05, 0.1) is 7.11 Å². The smallest absolute Gasteiger partial charge is 0.387 e. The number of carbonyl (C=O) groups is 1. The third kappa shape index (κ3) is 9.38. The number of carbonyl (C=O) groups excluding carboxylic acids is 1. The molecule has 1 aromatic rings. The number of amides is 1. The summed E-state index contributed by atoms with van der Waals surface area (Å²) in [5.74, 6) is 0.573. The normalized spacial score (nSPS) is 11.9. The van der Waals surface area contributed by atoms with Gasteiger partial charge in [-0.3, -0.25) is 4.79 Å². The average Bonchev–Trinajstić information content (AvgIpc) is 2.58. The first kappa shape index (κ1) is 23.5. The van der Waals surface area contributed by atoms with E-state index in [1.807, 2.05) is 27.7 Å². The van der Waals surface area contributed by atoms with Gasteiger partial charge in [-0.15, -0.1) is 0 Å². The topological polar surface area (TPSA) is 84.0 Å². The minimum Gasteiger partial charge on any atom is -0.493 e. The minimum absolute atomic E-state index is 0.00150. The molecule has 1 aromatic carbocycles. The molecule has 28 heavy (non-hydrogen) atoms. The van der Waals surface area contributed by atoms with Crippen LogP contribution in [-0.4, -0.2) is 50.8 Å². The molecule has 0 unspecified atom stereocenters. The number of halogens is 2. The summed E-state index contributed by atoms with van der Waals surface area (Å²) in [4.78, 5) is 16.1. The fraction of sp³-hybridized carbons (Fsp3) is 0.579. The predicted molar refractivity (Wildman–Crippen MR) is 105 cm³/mol. The second kappa shape index (κ2) is 11.3. The Labute approximate surface area is 164 Å². The highest BCUT2D eigenvalue weighted by atomic mass is 19.3. The molecule has 0 fully saturated rings. The molecule has 1 amide bonds. The monoisotopic (exact) mass is 400 g/mol. The molecule has 0 atom stereocenters. The van der Waals surface area contributed by atoms with Crippen molar-refractivity contribution in [2.24, 2.45) is 4.99 Å². The van der Waals surface area contributed by atoms with Crippen LogP contribution in [0, 0.1) is 0 Å². The summed E-state index contributed by atoms with van der Waals surface area (Å²) in [7, 11) is 1.39. The molecular weight excluding hydrogens is 370 g/mol. The molecule has 158 valence electrons. The van der Waals surface area contributed by atoms with Gasteiger partial charge < -0.3 is 25.4 Å². The van der Waals surface area contributed by atoms with Gasteiger partial charge in [0.2, 0.25) is 5.91 Å². The van der Waals surface area contributed by atoms with E-state index in [1.54, 1.807) is 12.1 Å². The number of alkyl halides is 2. The zero-order chi connectivity index (χ0) is 21.2. The SMILES string of the molecule is CCNC(=NCC(=O)NC(C)(C)C)NCCc1ccc(OC)c(OC(F)F)c1. The molecule has 1 rings (SSSR count). The van der Waals surface area contributed by atoms with Crippen LogP contribution >= 0.6 is 0 Å². The highest BCUT2D eigenvalue weighted by molar-refractivity contribution is 5.85. The molecule has 0 aliphatic carbocycles. The van der Waals surface area contributed by atoms with Gasteiger partial charge in [0, 0.05) is 18.6 Å². The summed E-state index contributed by atoms with van der Waals surface area (Å²) < 4.78 is 34.5. The van der Waals surface area contributed by atoms with Gasteiger partial charge >= 0.3 is 6.61 Å². The van der Waals surface area contributed by atoms with Gasteiger partial charge in [-0.2, -0.15) is 8.78 Å². The van der Waals surface area contributed by atoms with Crippen LogP contribution in [0.5, 0.6) is 11.5 Å².